The topological polar surface area (TPSA) is 80.0 Å². The molecule has 2 amide bonds. The maximum atomic E-state index is 13.4. The summed E-state index contributed by atoms with van der Waals surface area (Å²) in [7, 11) is 0. The molecule has 34 heavy (non-hydrogen) atoms. The van der Waals surface area contributed by atoms with Crippen LogP contribution in [0.3, 0.4) is 0 Å². The summed E-state index contributed by atoms with van der Waals surface area (Å²) in [4.78, 5) is 34.0. The second kappa shape index (κ2) is 8.11. The smallest absolute Gasteiger partial charge is 0.410 e. The van der Waals surface area contributed by atoms with Crippen molar-refractivity contribution in [3.63, 3.8) is 0 Å². The van der Waals surface area contributed by atoms with Gasteiger partial charge in [-0.2, -0.15) is 5.10 Å². The monoisotopic (exact) mass is 461 g/mol. The van der Waals surface area contributed by atoms with Crippen LogP contribution >= 0.6 is 0 Å². The van der Waals surface area contributed by atoms with E-state index >= 15 is 0 Å². The van der Waals surface area contributed by atoms with Gasteiger partial charge in [0, 0.05) is 30.8 Å². The van der Waals surface area contributed by atoms with E-state index in [9.17, 15) is 9.59 Å². The number of carbonyl (C=O) groups is 2. The molecule has 1 atom stereocenters. The fourth-order valence-corrected chi connectivity index (χ4v) is 4.89. The van der Waals surface area contributed by atoms with Gasteiger partial charge in [0.15, 0.2) is 5.65 Å². The molecule has 2 aliphatic heterocycles. The summed E-state index contributed by atoms with van der Waals surface area (Å²) in [6.45, 7) is 11.4. The first-order chi connectivity index (χ1) is 16.1. The van der Waals surface area contributed by atoms with E-state index < -0.39 is 5.60 Å². The fourth-order valence-electron chi connectivity index (χ4n) is 4.89. The third-order valence-electron chi connectivity index (χ3n) is 6.50. The van der Waals surface area contributed by atoms with Crippen LogP contribution in [0.4, 0.5) is 4.79 Å². The van der Waals surface area contributed by atoms with Gasteiger partial charge in [-0.15, -0.1) is 0 Å². The minimum Gasteiger partial charge on any atom is -0.444 e. The normalized spacial score (nSPS) is 18.5. The van der Waals surface area contributed by atoms with Gasteiger partial charge >= 0.3 is 6.09 Å². The fraction of sp³-hybridized carbons (Fsp3) is 0.462. The average molecular weight is 462 g/mol. The van der Waals surface area contributed by atoms with Crippen LogP contribution in [0.5, 0.6) is 0 Å². The molecule has 0 spiro atoms. The number of carbonyl (C=O) groups excluding carboxylic acids is 2. The molecule has 0 saturated carbocycles. The number of hydrogen-bond donors (Lipinski definition) is 0. The molecular weight excluding hydrogens is 430 g/mol. The van der Waals surface area contributed by atoms with E-state index in [0.717, 1.165) is 52.1 Å². The minimum atomic E-state index is -0.526. The Morgan fingerprint density at radius 2 is 1.94 bits per heavy atom. The Labute approximate surface area is 199 Å². The Hall–Kier alpha value is -3.42. The van der Waals surface area contributed by atoms with Crippen molar-refractivity contribution in [1.82, 2.24) is 24.4 Å². The molecule has 2 aromatic heterocycles. The molecule has 5 rings (SSSR count). The Kier molecular flexibility index (Phi) is 5.34. The van der Waals surface area contributed by atoms with Gasteiger partial charge in [-0.25, -0.2) is 14.3 Å². The second-order valence-electron chi connectivity index (χ2n) is 10.4. The molecule has 0 bridgehead atoms. The number of nitrogens with zero attached hydrogens (tertiary/aromatic N) is 5. The molecule has 0 aliphatic carbocycles. The number of imidazole rings is 1. The predicted molar refractivity (Wildman–Crippen MR) is 129 cm³/mol. The lowest BCUT2D eigenvalue weighted by Gasteiger charge is -2.34. The Morgan fingerprint density at radius 1 is 1.15 bits per heavy atom. The zero-order valence-corrected chi connectivity index (χ0v) is 20.5. The van der Waals surface area contributed by atoms with E-state index in [-0.39, 0.29) is 18.0 Å². The van der Waals surface area contributed by atoms with Crippen LogP contribution in [-0.4, -0.2) is 67.7 Å². The molecule has 0 radical (unpaired) electrons. The number of ether oxygens (including phenoxy) is 1. The summed E-state index contributed by atoms with van der Waals surface area (Å²) >= 11 is 0. The van der Waals surface area contributed by atoms with E-state index in [2.05, 4.69) is 11.1 Å². The first-order valence-corrected chi connectivity index (χ1v) is 11.8. The largest absolute Gasteiger partial charge is 0.444 e. The number of hydrogen-bond acceptors (Lipinski definition) is 5. The first-order valence-electron chi connectivity index (χ1n) is 11.8. The molecule has 1 aromatic carbocycles. The van der Waals surface area contributed by atoms with Crippen LogP contribution in [0.2, 0.25) is 0 Å². The summed E-state index contributed by atoms with van der Waals surface area (Å²) in [5, 5.41) is 4.73. The van der Waals surface area contributed by atoms with Crippen molar-refractivity contribution in [1.29, 1.82) is 0 Å². The van der Waals surface area contributed by atoms with E-state index in [1.807, 2.05) is 68.4 Å². The van der Waals surface area contributed by atoms with E-state index in [1.165, 1.54) is 0 Å². The quantitative estimate of drug-likeness (QED) is 0.576. The lowest BCUT2D eigenvalue weighted by atomic mass is 9.94. The summed E-state index contributed by atoms with van der Waals surface area (Å²) < 4.78 is 7.33. The molecule has 1 fully saturated rings. The highest BCUT2D eigenvalue weighted by molar-refractivity contribution is 5.97. The SMILES string of the molecule is Cc1cn2nc(-c3ccc4c(c3)CCN(C3CCN(C(=O)OC(C)(C)C)C3)C4=O)cc(C)c2n1. The van der Waals surface area contributed by atoms with Crippen LogP contribution in [0.1, 0.15) is 54.4 Å². The van der Waals surface area contributed by atoms with Gasteiger partial charge in [0.25, 0.3) is 5.91 Å². The van der Waals surface area contributed by atoms with Crippen molar-refractivity contribution >= 4 is 17.6 Å². The molecule has 8 nitrogen and oxygen atoms in total. The molecule has 4 heterocycles. The van der Waals surface area contributed by atoms with Gasteiger partial charge in [0.2, 0.25) is 0 Å². The number of benzene rings is 1. The Bertz CT molecular complexity index is 1290. The van der Waals surface area contributed by atoms with Gasteiger partial charge in [-0.1, -0.05) is 6.07 Å². The number of aryl methyl sites for hydroxylation is 2. The highest BCUT2D eigenvalue weighted by Crippen LogP contribution is 2.29. The third-order valence-corrected chi connectivity index (χ3v) is 6.50. The van der Waals surface area contributed by atoms with Crippen molar-refractivity contribution in [3.05, 3.63) is 52.8 Å². The van der Waals surface area contributed by atoms with Gasteiger partial charge in [-0.05, 0) is 76.8 Å². The third kappa shape index (κ3) is 4.13. The second-order valence-corrected chi connectivity index (χ2v) is 10.4. The summed E-state index contributed by atoms with van der Waals surface area (Å²) in [5.74, 6) is 0.0358. The first kappa shape index (κ1) is 22.4. The van der Waals surface area contributed by atoms with Crippen molar-refractivity contribution in [2.75, 3.05) is 19.6 Å². The van der Waals surface area contributed by atoms with E-state index in [1.54, 1.807) is 4.90 Å². The van der Waals surface area contributed by atoms with E-state index in [0.29, 0.717) is 19.6 Å². The van der Waals surface area contributed by atoms with Gasteiger partial charge in [0.1, 0.15) is 5.60 Å². The summed E-state index contributed by atoms with van der Waals surface area (Å²) in [6.07, 6.45) is 3.17. The molecular formula is C26H31N5O3. The molecule has 8 heteroatoms. The highest BCUT2D eigenvalue weighted by atomic mass is 16.6. The lowest BCUT2D eigenvalue weighted by Crippen LogP contribution is -2.46. The van der Waals surface area contributed by atoms with Crippen LogP contribution in [-0.2, 0) is 11.2 Å². The molecule has 1 saturated heterocycles. The molecule has 178 valence electrons. The van der Waals surface area contributed by atoms with Crippen molar-refractivity contribution in [3.8, 4) is 11.3 Å². The zero-order chi connectivity index (χ0) is 24.2. The van der Waals surface area contributed by atoms with Crippen molar-refractivity contribution in [2.45, 2.75) is 59.1 Å². The maximum absolute atomic E-state index is 13.4. The average Bonchev–Trinajstić information content (AvgIpc) is 3.39. The molecule has 1 unspecified atom stereocenters. The Balaban J connectivity index is 1.34. The number of rotatable bonds is 2. The lowest BCUT2D eigenvalue weighted by molar-refractivity contribution is 0.0274. The van der Waals surface area contributed by atoms with Crippen LogP contribution in [0.15, 0.2) is 30.5 Å². The standard InChI is InChI=1S/C26H31N5O3/c1-16-12-22(28-31-14-17(2)27-23(16)31)19-6-7-21-18(13-19)8-11-30(24(21)32)20-9-10-29(15-20)25(33)34-26(3,4)5/h6-7,12-14,20H,8-11,15H2,1-5H3. The number of fused-ring (bicyclic) bond motifs is 2. The molecule has 2 aliphatic rings. The number of likely N-dealkylation sites (tertiary alicyclic amines) is 1. The van der Waals surface area contributed by atoms with Gasteiger partial charge in [0.05, 0.1) is 23.6 Å². The Morgan fingerprint density at radius 3 is 2.71 bits per heavy atom. The highest BCUT2D eigenvalue weighted by Gasteiger charge is 2.37. The van der Waals surface area contributed by atoms with Crippen molar-refractivity contribution in [2.24, 2.45) is 0 Å². The summed E-state index contributed by atoms with van der Waals surface area (Å²) in [5.41, 5.74) is 5.97. The van der Waals surface area contributed by atoms with Crippen LogP contribution in [0, 0.1) is 13.8 Å². The molecule has 3 aromatic rings. The predicted octanol–water partition coefficient (Wildman–Crippen LogP) is 4.02. The molecule has 0 N–H and O–H groups in total. The zero-order valence-electron chi connectivity index (χ0n) is 20.5. The van der Waals surface area contributed by atoms with Crippen LogP contribution < -0.4 is 0 Å². The maximum Gasteiger partial charge on any atom is 0.410 e. The minimum absolute atomic E-state index is 0.0176. The van der Waals surface area contributed by atoms with Crippen LogP contribution in [0.25, 0.3) is 16.9 Å². The van der Waals surface area contributed by atoms with E-state index in [4.69, 9.17) is 9.84 Å². The van der Waals surface area contributed by atoms with Gasteiger partial charge in [-0.3, -0.25) is 4.79 Å². The number of aromatic nitrogens is 3. The van der Waals surface area contributed by atoms with Crippen molar-refractivity contribution < 1.29 is 14.3 Å². The van der Waals surface area contributed by atoms with Gasteiger partial charge < -0.3 is 14.5 Å². The number of amides is 2. The summed E-state index contributed by atoms with van der Waals surface area (Å²) in [6, 6.07) is 8.04.